The molecular weight excluding hydrogens is 346 g/mol. The summed E-state index contributed by atoms with van der Waals surface area (Å²) < 4.78 is 0.998. The molecule has 1 saturated heterocycles. The number of carbonyl (C=O) groups excluding carboxylic acids is 1. The van der Waals surface area contributed by atoms with Crippen LogP contribution < -0.4 is 0 Å². The number of likely N-dealkylation sites (tertiary alicyclic amines) is 1. The third kappa shape index (κ3) is 3.52. The first-order valence-corrected chi connectivity index (χ1v) is 8.22. The summed E-state index contributed by atoms with van der Waals surface area (Å²) in [4.78, 5) is 15.6. The number of benzene rings is 1. The maximum atomic E-state index is 12.3. The average molecular weight is 364 g/mol. The Kier molecular flexibility index (Phi) is 4.52. The molecule has 2 heterocycles. The third-order valence-corrected chi connectivity index (χ3v) is 4.37. The number of nitrogens with zero attached hydrogens (tertiary/aromatic N) is 5. The molecule has 1 amide bonds. The Hall–Kier alpha value is -1.76. The summed E-state index contributed by atoms with van der Waals surface area (Å²) in [5.41, 5.74) is 0.883. The van der Waals surface area contributed by atoms with Crippen molar-refractivity contribution in [2.45, 2.75) is 26.3 Å². The molecule has 0 aliphatic carbocycles. The quantitative estimate of drug-likeness (QED) is 0.839. The summed E-state index contributed by atoms with van der Waals surface area (Å²) >= 11 is 3.39. The molecule has 116 valence electrons. The van der Waals surface area contributed by atoms with Crippen molar-refractivity contribution >= 4 is 21.8 Å². The highest BCUT2D eigenvalue weighted by atomic mass is 79.9. The van der Waals surface area contributed by atoms with Crippen molar-refractivity contribution in [1.29, 1.82) is 0 Å². The van der Waals surface area contributed by atoms with Gasteiger partial charge in [-0.05, 0) is 48.2 Å². The lowest BCUT2D eigenvalue weighted by Crippen LogP contribution is -2.41. The van der Waals surface area contributed by atoms with Gasteiger partial charge in [0.25, 0.3) is 0 Å². The number of hydrogen-bond acceptors (Lipinski definition) is 4. The lowest BCUT2D eigenvalue weighted by molar-refractivity contribution is -0.134. The normalized spacial score (nSPS) is 18.5. The van der Waals surface area contributed by atoms with Crippen LogP contribution in [0.5, 0.6) is 0 Å². The minimum atomic E-state index is 0.0614. The Morgan fingerprint density at radius 3 is 2.86 bits per heavy atom. The van der Waals surface area contributed by atoms with Crippen LogP contribution in [0.25, 0.3) is 11.4 Å². The molecule has 0 saturated carbocycles. The smallest absolute Gasteiger partial charge is 0.246 e. The second-order valence-electron chi connectivity index (χ2n) is 5.74. The van der Waals surface area contributed by atoms with Gasteiger partial charge in [-0.15, -0.1) is 10.2 Å². The monoisotopic (exact) mass is 363 g/mol. The maximum Gasteiger partial charge on any atom is 0.246 e. The lowest BCUT2D eigenvalue weighted by Gasteiger charge is -2.30. The molecule has 1 fully saturated rings. The van der Waals surface area contributed by atoms with Gasteiger partial charge in [0.05, 0.1) is 0 Å². The Balaban J connectivity index is 1.66. The molecule has 1 aromatic heterocycles. The fourth-order valence-corrected chi connectivity index (χ4v) is 2.93. The Morgan fingerprint density at radius 1 is 1.36 bits per heavy atom. The molecule has 0 bridgehead atoms. The molecule has 6 nitrogen and oxygen atoms in total. The summed E-state index contributed by atoms with van der Waals surface area (Å²) in [7, 11) is 0. The van der Waals surface area contributed by atoms with Gasteiger partial charge in [-0.25, -0.2) is 0 Å². The summed E-state index contributed by atoms with van der Waals surface area (Å²) in [5, 5.41) is 12.3. The van der Waals surface area contributed by atoms with Crippen molar-refractivity contribution < 1.29 is 4.79 Å². The van der Waals surface area contributed by atoms with Crippen LogP contribution in [0.4, 0.5) is 0 Å². The van der Waals surface area contributed by atoms with Crippen molar-refractivity contribution in [2.75, 3.05) is 13.1 Å². The van der Waals surface area contributed by atoms with Gasteiger partial charge in [0.2, 0.25) is 11.7 Å². The van der Waals surface area contributed by atoms with Gasteiger partial charge in [-0.3, -0.25) is 4.79 Å². The molecular formula is C15H18BrN5O. The van der Waals surface area contributed by atoms with E-state index in [2.05, 4.69) is 38.3 Å². The zero-order valence-electron chi connectivity index (χ0n) is 12.4. The van der Waals surface area contributed by atoms with Gasteiger partial charge in [0.1, 0.15) is 6.54 Å². The molecule has 3 rings (SSSR count). The van der Waals surface area contributed by atoms with Gasteiger partial charge in [-0.1, -0.05) is 22.9 Å². The van der Waals surface area contributed by atoms with E-state index in [4.69, 9.17) is 0 Å². The van der Waals surface area contributed by atoms with Crippen LogP contribution in [0, 0.1) is 5.92 Å². The van der Waals surface area contributed by atoms with E-state index < -0.39 is 0 Å². The van der Waals surface area contributed by atoms with E-state index >= 15 is 0 Å². The molecule has 0 unspecified atom stereocenters. The van der Waals surface area contributed by atoms with E-state index in [9.17, 15) is 4.79 Å². The van der Waals surface area contributed by atoms with Gasteiger partial charge in [0.15, 0.2) is 0 Å². The van der Waals surface area contributed by atoms with E-state index in [0.717, 1.165) is 29.5 Å². The highest BCUT2D eigenvalue weighted by Crippen LogP contribution is 2.18. The molecule has 22 heavy (non-hydrogen) atoms. The fraction of sp³-hybridized carbons (Fsp3) is 0.467. The minimum absolute atomic E-state index is 0.0614. The van der Waals surface area contributed by atoms with Crippen LogP contribution in [-0.4, -0.2) is 44.1 Å². The fourth-order valence-electron chi connectivity index (χ4n) is 2.66. The molecule has 1 aliphatic heterocycles. The van der Waals surface area contributed by atoms with Crippen molar-refractivity contribution in [3.8, 4) is 11.4 Å². The number of aromatic nitrogens is 4. The third-order valence-electron chi connectivity index (χ3n) is 3.84. The van der Waals surface area contributed by atoms with Gasteiger partial charge >= 0.3 is 0 Å². The molecule has 0 N–H and O–H groups in total. The van der Waals surface area contributed by atoms with Gasteiger partial charge in [0, 0.05) is 23.1 Å². The molecule has 1 aromatic carbocycles. The SMILES string of the molecule is C[C@H]1CCCN(C(=O)Cn2nnc(-c3ccc(Br)cc3)n2)C1. The number of hydrogen-bond donors (Lipinski definition) is 0. The topological polar surface area (TPSA) is 63.9 Å². The number of piperidine rings is 1. The molecule has 2 aromatic rings. The van der Waals surface area contributed by atoms with E-state index in [0.29, 0.717) is 11.7 Å². The van der Waals surface area contributed by atoms with E-state index in [1.165, 1.54) is 11.2 Å². The molecule has 1 atom stereocenters. The highest BCUT2D eigenvalue weighted by Gasteiger charge is 2.21. The highest BCUT2D eigenvalue weighted by molar-refractivity contribution is 9.10. The lowest BCUT2D eigenvalue weighted by atomic mass is 10.0. The molecule has 0 spiro atoms. The van der Waals surface area contributed by atoms with Crippen LogP contribution in [0.15, 0.2) is 28.7 Å². The van der Waals surface area contributed by atoms with Crippen LogP contribution in [0.2, 0.25) is 0 Å². The number of carbonyl (C=O) groups is 1. The number of halogens is 1. The Bertz CT molecular complexity index is 654. The predicted molar refractivity (Wildman–Crippen MR) is 85.9 cm³/mol. The predicted octanol–water partition coefficient (Wildman–Crippen LogP) is 2.36. The maximum absolute atomic E-state index is 12.3. The van der Waals surface area contributed by atoms with Crippen LogP contribution in [-0.2, 0) is 11.3 Å². The van der Waals surface area contributed by atoms with Gasteiger partial charge < -0.3 is 4.90 Å². The Labute approximate surface area is 137 Å². The second-order valence-corrected chi connectivity index (χ2v) is 6.65. The van der Waals surface area contributed by atoms with Crippen LogP contribution in [0.3, 0.4) is 0 Å². The Morgan fingerprint density at radius 2 is 2.14 bits per heavy atom. The van der Waals surface area contributed by atoms with Crippen molar-refractivity contribution in [2.24, 2.45) is 5.92 Å². The first-order chi connectivity index (χ1) is 10.6. The first-order valence-electron chi connectivity index (χ1n) is 7.43. The van der Waals surface area contributed by atoms with E-state index in [1.54, 1.807) is 0 Å². The van der Waals surface area contributed by atoms with Crippen molar-refractivity contribution in [3.63, 3.8) is 0 Å². The molecule has 0 radical (unpaired) electrons. The number of tetrazole rings is 1. The largest absolute Gasteiger partial charge is 0.341 e. The summed E-state index contributed by atoms with van der Waals surface area (Å²) in [5.74, 6) is 1.17. The number of amides is 1. The van der Waals surface area contributed by atoms with Crippen LogP contribution >= 0.6 is 15.9 Å². The second kappa shape index (κ2) is 6.56. The standard InChI is InChI=1S/C15H18BrN5O/c1-11-3-2-8-20(9-11)14(22)10-21-18-15(17-19-21)12-4-6-13(16)7-5-12/h4-7,11H,2-3,8-10H2,1H3/t11-/m0/s1. The first kappa shape index (κ1) is 15.1. The molecule has 7 heteroatoms. The summed E-state index contributed by atoms with van der Waals surface area (Å²) in [6, 6.07) is 7.69. The van der Waals surface area contributed by atoms with Crippen molar-refractivity contribution in [3.05, 3.63) is 28.7 Å². The summed E-state index contributed by atoms with van der Waals surface area (Å²) in [6.45, 7) is 3.99. The molecule has 1 aliphatic rings. The zero-order valence-corrected chi connectivity index (χ0v) is 14.0. The average Bonchev–Trinajstić information content (AvgIpc) is 2.96. The summed E-state index contributed by atoms with van der Waals surface area (Å²) in [6.07, 6.45) is 2.26. The van der Waals surface area contributed by atoms with Gasteiger partial charge in [-0.2, -0.15) is 4.80 Å². The zero-order chi connectivity index (χ0) is 15.5. The van der Waals surface area contributed by atoms with Crippen LogP contribution in [0.1, 0.15) is 19.8 Å². The number of rotatable bonds is 3. The van der Waals surface area contributed by atoms with Crippen molar-refractivity contribution in [1.82, 2.24) is 25.1 Å². The minimum Gasteiger partial charge on any atom is -0.341 e. The van der Waals surface area contributed by atoms with E-state index in [-0.39, 0.29) is 12.5 Å². The van der Waals surface area contributed by atoms with E-state index in [1.807, 2.05) is 29.2 Å².